The third-order valence-electron chi connectivity index (χ3n) is 6.38. The maximum absolute atomic E-state index is 13.4. The summed E-state index contributed by atoms with van der Waals surface area (Å²) in [7, 11) is 0. The number of carbonyl (C=O) groups is 1. The molecule has 0 spiro atoms. The molecule has 1 aromatic heterocycles. The number of nitro benzene ring substituents is 1. The van der Waals surface area contributed by atoms with Crippen LogP contribution in [0.25, 0.3) is 16.9 Å². The van der Waals surface area contributed by atoms with Gasteiger partial charge in [0.2, 0.25) is 0 Å². The minimum absolute atomic E-state index is 0.0131. The molecule has 0 atom stereocenters. The van der Waals surface area contributed by atoms with Crippen LogP contribution in [0.3, 0.4) is 0 Å². The molecule has 2 heterocycles. The molecule has 2 aliphatic rings. The van der Waals surface area contributed by atoms with Gasteiger partial charge in [0.1, 0.15) is 0 Å². The van der Waals surface area contributed by atoms with Gasteiger partial charge in [-0.2, -0.15) is 5.10 Å². The summed E-state index contributed by atoms with van der Waals surface area (Å²) in [5.74, 6) is -0.282. The number of hydrazine groups is 1. The second kappa shape index (κ2) is 9.37. The number of nitro groups is 1. The normalized spacial score (nSPS) is 15.8. The van der Waals surface area contributed by atoms with Crippen LogP contribution in [0.4, 0.5) is 5.69 Å². The van der Waals surface area contributed by atoms with Gasteiger partial charge in [-0.25, -0.2) is 9.69 Å². The van der Waals surface area contributed by atoms with Crippen molar-refractivity contribution in [2.75, 3.05) is 13.1 Å². The number of fused-ring (bicyclic) bond motifs is 3. The van der Waals surface area contributed by atoms with Crippen molar-refractivity contribution in [3.63, 3.8) is 0 Å². The maximum atomic E-state index is 13.4. The molecule has 34 heavy (non-hydrogen) atoms. The SMILES string of the molecule is O=C(NN1CCCCC1)c1nn(-c2ccc(Cl)cc2Cl)c2c1CCCc1ccc([N+](=O)[O-])cc1-2. The van der Waals surface area contributed by atoms with Crippen molar-refractivity contribution in [3.05, 3.63) is 73.4 Å². The highest BCUT2D eigenvalue weighted by Crippen LogP contribution is 2.39. The van der Waals surface area contributed by atoms with Gasteiger partial charge in [0, 0.05) is 41.4 Å². The number of rotatable bonds is 4. The van der Waals surface area contributed by atoms with Crippen LogP contribution >= 0.6 is 23.2 Å². The van der Waals surface area contributed by atoms with Crippen molar-refractivity contribution in [3.8, 4) is 16.9 Å². The minimum Gasteiger partial charge on any atom is -0.283 e. The minimum atomic E-state index is -0.412. The number of nitrogens with one attached hydrogen (secondary N) is 1. The van der Waals surface area contributed by atoms with Crippen LogP contribution in [-0.2, 0) is 12.8 Å². The lowest BCUT2D eigenvalue weighted by Gasteiger charge is -2.26. The fraction of sp³-hybridized carbons (Fsp3) is 0.333. The van der Waals surface area contributed by atoms with E-state index in [-0.39, 0.29) is 11.6 Å². The number of nitrogens with zero attached hydrogens (tertiary/aromatic N) is 4. The summed E-state index contributed by atoms with van der Waals surface area (Å²) >= 11 is 12.7. The Morgan fingerprint density at radius 3 is 2.56 bits per heavy atom. The van der Waals surface area contributed by atoms with Crippen LogP contribution in [0.5, 0.6) is 0 Å². The maximum Gasteiger partial charge on any atom is 0.286 e. The van der Waals surface area contributed by atoms with Crippen LogP contribution in [0.1, 0.15) is 47.3 Å². The average Bonchev–Trinajstić information content (AvgIpc) is 3.08. The van der Waals surface area contributed by atoms with Gasteiger partial charge in [-0.05, 0) is 55.9 Å². The molecule has 1 aliphatic carbocycles. The van der Waals surface area contributed by atoms with Crippen LogP contribution in [0.2, 0.25) is 10.0 Å². The van der Waals surface area contributed by atoms with Crippen LogP contribution in [-0.4, -0.2) is 38.7 Å². The van der Waals surface area contributed by atoms with Gasteiger partial charge in [-0.1, -0.05) is 35.7 Å². The molecule has 1 fully saturated rings. The number of aromatic nitrogens is 2. The zero-order chi connectivity index (χ0) is 23.8. The molecule has 1 aliphatic heterocycles. The van der Waals surface area contributed by atoms with Crippen molar-refractivity contribution in [1.29, 1.82) is 0 Å². The van der Waals surface area contributed by atoms with Gasteiger partial charge in [-0.3, -0.25) is 20.3 Å². The lowest BCUT2D eigenvalue weighted by atomic mass is 10.0. The fourth-order valence-corrected chi connectivity index (χ4v) is 5.24. The molecule has 1 N–H and O–H groups in total. The average molecular weight is 500 g/mol. The molecule has 1 amide bonds. The number of piperidine rings is 1. The predicted octanol–water partition coefficient (Wildman–Crippen LogP) is 5.37. The number of amides is 1. The number of benzene rings is 2. The Morgan fingerprint density at radius 1 is 1.03 bits per heavy atom. The summed E-state index contributed by atoms with van der Waals surface area (Å²) in [5.41, 5.74) is 6.94. The van der Waals surface area contributed by atoms with E-state index >= 15 is 0 Å². The van der Waals surface area contributed by atoms with Gasteiger partial charge in [0.05, 0.1) is 21.3 Å². The Morgan fingerprint density at radius 2 is 1.82 bits per heavy atom. The van der Waals surface area contributed by atoms with E-state index in [1.54, 1.807) is 35.0 Å². The van der Waals surface area contributed by atoms with Gasteiger partial charge >= 0.3 is 0 Å². The van der Waals surface area contributed by atoms with Gasteiger partial charge in [0.15, 0.2) is 5.69 Å². The van der Waals surface area contributed by atoms with Crippen LogP contribution in [0.15, 0.2) is 36.4 Å². The van der Waals surface area contributed by atoms with E-state index in [4.69, 9.17) is 28.3 Å². The first kappa shape index (κ1) is 22.8. The Labute approximate surface area is 206 Å². The summed E-state index contributed by atoms with van der Waals surface area (Å²) in [5, 5.41) is 19.0. The standard InChI is InChI=1S/C24H23Cl2N5O3/c25-16-8-10-21(20(26)13-16)30-23-18(22(27-30)24(32)28-29-11-2-1-3-12-29)6-4-5-15-7-9-17(31(33)34)14-19(15)23/h7-10,13-14H,1-6,11-12H2,(H,28,32). The molecule has 8 nitrogen and oxygen atoms in total. The first-order chi connectivity index (χ1) is 16.4. The van der Waals surface area contributed by atoms with E-state index in [9.17, 15) is 14.9 Å². The van der Waals surface area contributed by atoms with E-state index in [0.29, 0.717) is 39.1 Å². The highest BCUT2D eigenvalue weighted by atomic mass is 35.5. The van der Waals surface area contributed by atoms with Gasteiger partial charge in [0.25, 0.3) is 11.6 Å². The Balaban J connectivity index is 1.69. The molecule has 10 heteroatoms. The highest BCUT2D eigenvalue weighted by Gasteiger charge is 2.30. The molecular weight excluding hydrogens is 477 g/mol. The second-order valence-electron chi connectivity index (χ2n) is 8.62. The smallest absolute Gasteiger partial charge is 0.283 e. The molecular formula is C24H23Cl2N5O3. The van der Waals surface area contributed by atoms with Crippen molar-refractivity contribution >= 4 is 34.8 Å². The molecule has 0 unspecified atom stereocenters. The Bertz CT molecular complexity index is 1280. The van der Waals surface area contributed by atoms with Gasteiger partial charge < -0.3 is 0 Å². The third-order valence-corrected chi connectivity index (χ3v) is 6.92. The number of halogens is 2. The number of aryl methyl sites for hydroxylation is 1. The van der Waals surface area contributed by atoms with Crippen molar-refractivity contribution < 1.29 is 9.72 Å². The van der Waals surface area contributed by atoms with E-state index in [2.05, 4.69) is 5.43 Å². The Hall–Kier alpha value is -2.94. The lowest BCUT2D eigenvalue weighted by Crippen LogP contribution is -2.45. The lowest BCUT2D eigenvalue weighted by molar-refractivity contribution is -0.384. The molecule has 0 radical (unpaired) electrons. The topological polar surface area (TPSA) is 93.3 Å². The first-order valence-corrected chi connectivity index (χ1v) is 12.1. The molecule has 5 rings (SSSR count). The molecule has 1 saturated heterocycles. The molecule has 2 aromatic carbocycles. The molecule has 0 saturated carbocycles. The van der Waals surface area contributed by atoms with E-state index in [1.807, 2.05) is 5.01 Å². The highest BCUT2D eigenvalue weighted by molar-refractivity contribution is 6.35. The summed E-state index contributed by atoms with van der Waals surface area (Å²) in [6.07, 6.45) is 5.37. The summed E-state index contributed by atoms with van der Waals surface area (Å²) in [4.78, 5) is 24.5. The van der Waals surface area contributed by atoms with Crippen molar-refractivity contribution in [1.82, 2.24) is 20.2 Å². The number of carbonyl (C=O) groups excluding carboxylic acids is 1. The number of hydrogen-bond donors (Lipinski definition) is 1. The summed E-state index contributed by atoms with van der Waals surface area (Å²) in [6, 6.07) is 9.93. The summed E-state index contributed by atoms with van der Waals surface area (Å²) < 4.78 is 1.63. The molecule has 3 aromatic rings. The van der Waals surface area contributed by atoms with Crippen molar-refractivity contribution in [2.45, 2.75) is 38.5 Å². The fourth-order valence-electron chi connectivity index (χ4n) is 4.75. The number of non-ortho nitro benzene ring substituents is 1. The largest absolute Gasteiger partial charge is 0.286 e. The zero-order valence-electron chi connectivity index (χ0n) is 18.4. The third kappa shape index (κ3) is 4.29. The Kier molecular flexibility index (Phi) is 6.29. The van der Waals surface area contributed by atoms with Crippen LogP contribution in [0, 0.1) is 10.1 Å². The molecule has 0 bridgehead atoms. The first-order valence-electron chi connectivity index (χ1n) is 11.3. The van der Waals surface area contributed by atoms with E-state index in [0.717, 1.165) is 56.3 Å². The predicted molar refractivity (Wildman–Crippen MR) is 131 cm³/mol. The zero-order valence-corrected chi connectivity index (χ0v) is 19.9. The van der Waals surface area contributed by atoms with Gasteiger partial charge in [-0.15, -0.1) is 0 Å². The monoisotopic (exact) mass is 499 g/mol. The van der Waals surface area contributed by atoms with Crippen molar-refractivity contribution in [2.24, 2.45) is 0 Å². The summed E-state index contributed by atoms with van der Waals surface area (Å²) in [6.45, 7) is 1.60. The number of hydrogen-bond acceptors (Lipinski definition) is 5. The molecule has 176 valence electrons. The van der Waals surface area contributed by atoms with E-state index in [1.165, 1.54) is 6.07 Å². The van der Waals surface area contributed by atoms with E-state index < -0.39 is 4.92 Å². The second-order valence-corrected chi connectivity index (χ2v) is 9.47. The quantitative estimate of drug-likeness (QED) is 0.384. The van der Waals surface area contributed by atoms with Crippen LogP contribution < -0.4 is 5.43 Å².